The van der Waals surface area contributed by atoms with Crippen molar-refractivity contribution in [2.45, 2.75) is 26.8 Å². The molecule has 108 valence electrons. The third kappa shape index (κ3) is 2.58. The van der Waals surface area contributed by atoms with Crippen LogP contribution < -0.4 is 5.32 Å². The minimum absolute atomic E-state index is 0.0583. The standard InChI is InChI=1S/C15H19F2N3/c1-5-18-15(11-8-20(4)19-10(11)3)13-12(16)7-6-9(2)14(13)17/h6-8,15,18H,5H2,1-4H3. The first-order valence-corrected chi connectivity index (χ1v) is 6.63. The summed E-state index contributed by atoms with van der Waals surface area (Å²) in [6, 6.07) is 2.23. The van der Waals surface area contributed by atoms with E-state index in [4.69, 9.17) is 0 Å². The van der Waals surface area contributed by atoms with Gasteiger partial charge in [-0.25, -0.2) is 8.78 Å². The summed E-state index contributed by atoms with van der Waals surface area (Å²) in [5.74, 6) is -1.04. The molecule has 0 aliphatic carbocycles. The summed E-state index contributed by atoms with van der Waals surface area (Å²) in [5.41, 5.74) is 2.05. The van der Waals surface area contributed by atoms with E-state index in [1.807, 2.05) is 13.8 Å². The molecule has 0 saturated carbocycles. The van der Waals surface area contributed by atoms with E-state index in [0.717, 1.165) is 11.3 Å². The Hall–Kier alpha value is -1.75. The summed E-state index contributed by atoms with van der Waals surface area (Å²) in [6.45, 7) is 5.98. The zero-order valence-corrected chi connectivity index (χ0v) is 12.2. The van der Waals surface area contributed by atoms with E-state index in [1.165, 1.54) is 12.1 Å². The van der Waals surface area contributed by atoms with Crippen LogP contribution in [0.15, 0.2) is 18.3 Å². The highest BCUT2D eigenvalue weighted by Gasteiger charge is 2.25. The van der Waals surface area contributed by atoms with Crippen LogP contribution in [0.4, 0.5) is 8.78 Å². The molecule has 0 spiro atoms. The lowest BCUT2D eigenvalue weighted by Crippen LogP contribution is -2.24. The van der Waals surface area contributed by atoms with Gasteiger partial charge in [-0.3, -0.25) is 4.68 Å². The van der Waals surface area contributed by atoms with Gasteiger partial charge in [0, 0.05) is 24.4 Å². The van der Waals surface area contributed by atoms with Gasteiger partial charge < -0.3 is 5.32 Å². The molecule has 0 fully saturated rings. The van der Waals surface area contributed by atoms with Gasteiger partial charge in [0.1, 0.15) is 11.6 Å². The molecule has 1 atom stereocenters. The SMILES string of the molecule is CCNC(c1cn(C)nc1C)c1c(F)ccc(C)c1F. The van der Waals surface area contributed by atoms with Crippen molar-refractivity contribution in [1.29, 1.82) is 0 Å². The first-order valence-electron chi connectivity index (χ1n) is 6.63. The fourth-order valence-electron chi connectivity index (χ4n) is 2.42. The number of nitrogens with one attached hydrogen (secondary N) is 1. The van der Waals surface area contributed by atoms with Crippen molar-refractivity contribution in [3.63, 3.8) is 0 Å². The van der Waals surface area contributed by atoms with Crippen LogP contribution in [-0.4, -0.2) is 16.3 Å². The van der Waals surface area contributed by atoms with Gasteiger partial charge in [-0.05, 0) is 32.0 Å². The number of aryl methyl sites for hydroxylation is 3. The normalized spacial score (nSPS) is 12.7. The van der Waals surface area contributed by atoms with Crippen LogP contribution in [0.2, 0.25) is 0 Å². The molecule has 1 aromatic carbocycles. The minimum atomic E-state index is -0.540. The van der Waals surface area contributed by atoms with Crippen LogP contribution in [0.1, 0.15) is 35.3 Å². The maximum atomic E-state index is 14.4. The highest BCUT2D eigenvalue weighted by Crippen LogP contribution is 2.29. The molecule has 5 heteroatoms. The second kappa shape index (κ2) is 5.71. The van der Waals surface area contributed by atoms with E-state index in [0.29, 0.717) is 12.1 Å². The van der Waals surface area contributed by atoms with Crippen molar-refractivity contribution in [2.24, 2.45) is 7.05 Å². The summed E-state index contributed by atoms with van der Waals surface area (Å²) in [5, 5.41) is 7.40. The molecule has 0 aliphatic rings. The Morgan fingerprint density at radius 3 is 2.55 bits per heavy atom. The van der Waals surface area contributed by atoms with Gasteiger partial charge in [-0.1, -0.05) is 13.0 Å². The highest BCUT2D eigenvalue weighted by molar-refractivity contribution is 5.37. The predicted molar refractivity (Wildman–Crippen MR) is 74.6 cm³/mol. The van der Waals surface area contributed by atoms with Crippen molar-refractivity contribution in [3.8, 4) is 0 Å². The summed E-state index contributed by atoms with van der Waals surface area (Å²) in [6.07, 6.45) is 1.80. The third-order valence-corrected chi connectivity index (χ3v) is 3.38. The number of nitrogens with zero attached hydrogens (tertiary/aromatic N) is 2. The van der Waals surface area contributed by atoms with Crippen molar-refractivity contribution in [1.82, 2.24) is 15.1 Å². The lowest BCUT2D eigenvalue weighted by Gasteiger charge is -2.20. The van der Waals surface area contributed by atoms with E-state index >= 15 is 0 Å². The molecule has 0 bridgehead atoms. The number of benzene rings is 1. The fraction of sp³-hybridized carbons (Fsp3) is 0.400. The Bertz CT molecular complexity index is 620. The van der Waals surface area contributed by atoms with Gasteiger partial charge in [0.25, 0.3) is 0 Å². The van der Waals surface area contributed by atoms with Crippen molar-refractivity contribution in [2.75, 3.05) is 6.54 Å². The van der Waals surface area contributed by atoms with Gasteiger partial charge in [0.05, 0.1) is 11.7 Å². The number of hydrogen-bond donors (Lipinski definition) is 1. The fourth-order valence-corrected chi connectivity index (χ4v) is 2.42. The average molecular weight is 279 g/mol. The van der Waals surface area contributed by atoms with Gasteiger partial charge >= 0.3 is 0 Å². The maximum Gasteiger partial charge on any atom is 0.134 e. The molecule has 1 unspecified atom stereocenters. The largest absolute Gasteiger partial charge is 0.306 e. The van der Waals surface area contributed by atoms with Crippen molar-refractivity contribution in [3.05, 3.63) is 52.3 Å². The number of aromatic nitrogens is 2. The number of halogens is 2. The summed E-state index contributed by atoms with van der Waals surface area (Å²) in [7, 11) is 1.79. The van der Waals surface area contributed by atoms with Gasteiger partial charge in [-0.2, -0.15) is 5.10 Å². The molecule has 0 amide bonds. The Morgan fingerprint density at radius 2 is 2.00 bits per heavy atom. The number of hydrogen-bond acceptors (Lipinski definition) is 2. The predicted octanol–water partition coefficient (Wildman–Crippen LogP) is 3.01. The zero-order valence-electron chi connectivity index (χ0n) is 12.2. The molecule has 0 aliphatic heterocycles. The van der Waals surface area contributed by atoms with Crippen LogP contribution in [0.5, 0.6) is 0 Å². The van der Waals surface area contributed by atoms with Gasteiger partial charge in [0.2, 0.25) is 0 Å². The average Bonchev–Trinajstić information content (AvgIpc) is 2.72. The van der Waals surface area contributed by atoms with E-state index < -0.39 is 17.7 Å². The number of rotatable bonds is 4. The Balaban J connectivity index is 2.60. The van der Waals surface area contributed by atoms with Crippen molar-refractivity contribution < 1.29 is 8.78 Å². The third-order valence-electron chi connectivity index (χ3n) is 3.38. The first kappa shape index (κ1) is 14.7. The van der Waals surface area contributed by atoms with E-state index in [1.54, 1.807) is 24.9 Å². The van der Waals surface area contributed by atoms with Gasteiger partial charge in [0.15, 0.2) is 0 Å². The second-order valence-corrected chi connectivity index (χ2v) is 4.93. The Kier molecular flexibility index (Phi) is 4.18. The summed E-state index contributed by atoms with van der Waals surface area (Å²) in [4.78, 5) is 0. The summed E-state index contributed by atoms with van der Waals surface area (Å²) >= 11 is 0. The van der Waals surface area contributed by atoms with Crippen LogP contribution in [0.3, 0.4) is 0 Å². The van der Waals surface area contributed by atoms with E-state index in [9.17, 15) is 8.78 Å². The molecule has 0 radical (unpaired) electrons. The Morgan fingerprint density at radius 1 is 1.30 bits per heavy atom. The van der Waals surface area contributed by atoms with Crippen LogP contribution in [-0.2, 0) is 7.05 Å². The molecule has 1 N–H and O–H groups in total. The molecule has 2 aromatic rings. The molecule has 2 rings (SSSR count). The lowest BCUT2D eigenvalue weighted by atomic mass is 9.96. The first-order chi connectivity index (χ1) is 9.45. The van der Waals surface area contributed by atoms with Crippen LogP contribution in [0.25, 0.3) is 0 Å². The van der Waals surface area contributed by atoms with E-state index in [-0.39, 0.29) is 5.56 Å². The molecular weight excluding hydrogens is 260 g/mol. The molecule has 3 nitrogen and oxygen atoms in total. The lowest BCUT2D eigenvalue weighted by molar-refractivity contribution is 0.505. The van der Waals surface area contributed by atoms with Crippen molar-refractivity contribution >= 4 is 0 Å². The molecule has 1 heterocycles. The van der Waals surface area contributed by atoms with Crippen LogP contribution in [0, 0.1) is 25.5 Å². The molecule has 1 aromatic heterocycles. The second-order valence-electron chi connectivity index (χ2n) is 4.93. The Labute approximate surface area is 117 Å². The summed E-state index contributed by atoms with van der Waals surface area (Å²) < 4.78 is 30.1. The quantitative estimate of drug-likeness (QED) is 0.932. The highest BCUT2D eigenvalue weighted by atomic mass is 19.1. The van der Waals surface area contributed by atoms with Gasteiger partial charge in [-0.15, -0.1) is 0 Å². The smallest absolute Gasteiger partial charge is 0.134 e. The minimum Gasteiger partial charge on any atom is -0.306 e. The molecule has 20 heavy (non-hydrogen) atoms. The van der Waals surface area contributed by atoms with Crippen LogP contribution >= 0.6 is 0 Å². The zero-order chi connectivity index (χ0) is 14.9. The monoisotopic (exact) mass is 279 g/mol. The molecular formula is C15H19F2N3. The maximum absolute atomic E-state index is 14.4. The molecule has 0 saturated heterocycles. The van der Waals surface area contributed by atoms with E-state index in [2.05, 4.69) is 10.4 Å². The topological polar surface area (TPSA) is 29.9 Å².